The van der Waals surface area contributed by atoms with Crippen LogP contribution in [-0.2, 0) is 0 Å². The molecule has 0 spiro atoms. The molecule has 0 radical (unpaired) electrons. The van der Waals surface area contributed by atoms with E-state index in [0.29, 0.717) is 31.4 Å². The van der Waals surface area contributed by atoms with Gasteiger partial charge >= 0.3 is 12.4 Å². The number of allylic oxidation sites excluding steroid dienone is 3. The number of rotatable bonds is 4. The lowest BCUT2D eigenvalue weighted by Crippen LogP contribution is -2.37. The van der Waals surface area contributed by atoms with Crippen LogP contribution in [0, 0.1) is 17.8 Å². The van der Waals surface area contributed by atoms with Gasteiger partial charge in [-0.1, -0.05) is 12.2 Å². The number of aliphatic hydroxyl groups excluding tert-OH is 1. The third kappa shape index (κ3) is 6.19. The van der Waals surface area contributed by atoms with Gasteiger partial charge in [0.25, 0.3) is 0 Å². The average molecular weight is 496 g/mol. The van der Waals surface area contributed by atoms with Gasteiger partial charge in [0.05, 0.1) is 21.3 Å². The molecule has 1 heterocycles. The van der Waals surface area contributed by atoms with Crippen molar-refractivity contribution >= 4 is 35.3 Å². The van der Waals surface area contributed by atoms with E-state index in [1.165, 1.54) is 35.9 Å². The highest BCUT2D eigenvalue weighted by molar-refractivity contribution is 8.17. The van der Waals surface area contributed by atoms with E-state index in [2.05, 4.69) is 4.72 Å². The third-order valence-corrected chi connectivity index (χ3v) is 9.12. The Morgan fingerprint density at radius 3 is 2.50 bits per heavy atom. The predicted octanol–water partition coefficient (Wildman–Crippen LogP) is 6.76. The molecule has 0 amide bonds. The molecule has 30 heavy (non-hydrogen) atoms. The minimum atomic E-state index is -4.45. The highest BCUT2D eigenvalue weighted by Crippen LogP contribution is 2.52. The van der Waals surface area contributed by atoms with Gasteiger partial charge in [0.15, 0.2) is 0 Å². The number of nitrogens with one attached hydrogen (secondary N) is 1. The van der Waals surface area contributed by atoms with Gasteiger partial charge in [-0.15, -0.1) is 23.4 Å². The fourth-order valence-corrected chi connectivity index (χ4v) is 7.92. The smallest absolute Gasteiger partial charge is 0.392 e. The summed E-state index contributed by atoms with van der Waals surface area (Å²) < 4.78 is 81.2. The van der Waals surface area contributed by atoms with Gasteiger partial charge in [0.1, 0.15) is 0 Å². The quantitative estimate of drug-likeness (QED) is 0.195. The molecule has 1 aliphatic heterocycles. The maximum Gasteiger partial charge on any atom is 0.412 e. The minimum Gasteiger partial charge on any atom is -0.392 e. The maximum atomic E-state index is 13.3. The Bertz CT molecular complexity index is 668. The van der Waals surface area contributed by atoms with Gasteiger partial charge in [-0.3, -0.25) is 0 Å². The lowest BCUT2D eigenvalue weighted by atomic mass is 9.84. The molecule has 11 heteroatoms. The van der Waals surface area contributed by atoms with Crippen molar-refractivity contribution in [2.24, 2.45) is 17.8 Å². The Balaban J connectivity index is 1.62. The summed E-state index contributed by atoms with van der Waals surface area (Å²) in [5, 5.41) is 9.85. The predicted molar refractivity (Wildman–Crippen MR) is 109 cm³/mol. The first kappa shape index (κ1) is 24.5. The molecule has 0 bridgehead atoms. The molecule has 0 aromatic rings. The van der Waals surface area contributed by atoms with Crippen molar-refractivity contribution < 1.29 is 31.4 Å². The van der Waals surface area contributed by atoms with Crippen molar-refractivity contribution in [3.63, 3.8) is 0 Å². The maximum absolute atomic E-state index is 13.3. The molecular weight excluding hydrogens is 472 g/mol. The van der Waals surface area contributed by atoms with Gasteiger partial charge in [0, 0.05) is 17.7 Å². The molecule has 0 aromatic carbocycles. The summed E-state index contributed by atoms with van der Waals surface area (Å²) in [6.45, 7) is 0. The van der Waals surface area contributed by atoms with Crippen LogP contribution in [0.15, 0.2) is 23.4 Å². The Labute approximate surface area is 185 Å². The lowest BCUT2D eigenvalue weighted by Gasteiger charge is -2.31. The Morgan fingerprint density at radius 2 is 1.87 bits per heavy atom. The topological polar surface area (TPSA) is 32.3 Å². The molecule has 3 rings (SSSR count). The van der Waals surface area contributed by atoms with Crippen LogP contribution in [-0.4, -0.2) is 32.9 Å². The second-order valence-corrected chi connectivity index (χ2v) is 11.4. The summed E-state index contributed by atoms with van der Waals surface area (Å²) in [6, 6.07) is 0. The first-order valence-electron chi connectivity index (χ1n) is 9.86. The van der Waals surface area contributed by atoms with Gasteiger partial charge in [0.2, 0.25) is 0 Å². The molecule has 6 unspecified atom stereocenters. The number of thioether (sulfide) groups is 1. The van der Waals surface area contributed by atoms with E-state index in [1.807, 2.05) is 0 Å². The zero-order valence-corrected chi connectivity index (χ0v) is 18.4. The first-order chi connectivity index (χ1) is 13.9. The van der Waals surface area contributed by atoms with Crippen LogP contribution in [0.25, 0.3) is 0 Å². The zero-order chi connectivity index (χ0) is 22.1. The summed E-state index contributed by atoms with van der Waals surface area (Å²) in [7, 11) is 0. The summed E-state index contributed by atoms with van der Waals surface area (Å²) in [6.07, 6.45) is -5.59. The summed E-state index contributed by atoms with van der Waals surface area (Å²) in [4.78, 5) is 0. The second kappa shape index (κ2) is 9.75. The second-order valence-electron chi connectivity index (χ2n) is 8.04. The van der Waals surface area contributed by atoms with Gasteiger partial charge in [-0.05, 0) is 62.3 Å². The van der Waals surface area contributed by atoms with E-state index >= 15 is 0 Å². The van der Waals surface area contributed by atoms with Gasteiger partial charge < -0.3 is 9.83 Å². The van der Waals surface area contributed by atoms with Crippen LogP contribution in [0.2, 0.25) is 0 Å². The summed E-state index contributed by atoms with van der Waals surface area (Å²) in [5.41, 5.74) is 0.0446. The molecule has 2 nitrogen and oxygen atoms in total. The van der Waals surface area contributed by atoms with E-state index in [1.54, 1.807) is 0 Å². The minimum absolute atomic E-state index is 0.0237. The lowest BCUT2D eigenvalue weighted by molar-refractivity contribution is -0.200. The Morgan fingerprint density at radius 1 is 1.13 bits per heavy atom. The molecule has 0 saturated carbocycles. The Kier molecular flexibility index (Phi) is 7.95. The van der Waals surface area contributed by atoms with Crippen molar-refractivity contribution in [2.75, 3.05) is 0 Å². The van der Waals surface area contributed by atoms with E-state index in [0.717, 1.165) is 0 Å². The molecule has 2 aliphatic carbocycles. The highest BCUT2D eigenvalue weighted by atomic mass is 35.5. The standard InChI is InChI=1S/C19H24ClF6NOS2/c20-16-9-13(10-3-1-2-4-11(7-10)18(21,22)23)17(29-16)30-27-12-5-6-14(15(28)8-12)19(24,25)26/h4-5,10,13-17,27-28H,1-3,6-9H2. The van der Waals surface area contributed by atoms with Crippen molar-refractivity contribution in [3.05, 3.63) is 23.4 Å². The van der Waals surface area contributed by atoms with Crippen LogP contribution >= 0.6 is 35.3 Å². The third-order valence-electron chi connectivity index (χ3n) is 5.95. The molecule has 3 aliphatic rings. The SMILES string of the molecule is OC1CC(NSC2SC(Cl)CC2C2CCCC=C(C(F)(F)F)C2)=CCC1C(F)(F)F. The Hall–Kier alpha value is -0.190. The van der Waals surface area contributed by atoms with Gasteiger partial charge in [-0.2, -0.15) is 26.3 Å². The normalized spacial score (nSPS) is 36.1. The molecular formula is C19H24ClF6NOS2. The number of alkyl halides is 7. The van der Waals surface area contributed by atoms with Crippen molar-refractivity contribution in [1.29, 1.82) is 0 Å². The molecule has 6 atom stereocenters. The van der Waals surface area contributed by atoms with Crippen LogP contribution in [0.5, 0.6) is 0 Å². The molecule has 172 valence electrons. The van der Waals surface area contributed by atoms with E-state index in [9.17, 15) is 31.4 Å². The largest absolute Gasteiger partial charge is 0.412 e. The zero-order valence-electron chi connectivity index (χ0n) is 16.0. The number of hydrogen-bond donors (Lipinski definition) is 2. The van der Waals surface area contributed by atoms with Crippen LogP contribution in [0.1, 0.15) is 44.9 Å². The number of aliphatic hydroxyl groups is 1. The van der Waals surface area contributed by atoms with Gasteiger partial charge in [-0.25, -0.2) is 0 Å². The fraction of sp³-hybridized carbons (Fsp3) is 0.789. The van der Waals surface area contributed by atoms with Crippen molar-refractivity contribution in [3.8, 4) is 0 Å². The van der Waals surface area contributed by atoms with Crippen LogP contribution < -0.4 is 4.72 Å². The molecule has 2 N–H and O–H groups in total. The number of halogens is 7. The average Bonchev–Trinajstić information content (AvgIpc) is 2.83. The molecule has 0 aromatic heterocycles. The van der Waals surface area contributed by atoms with Crippen LogP contribution in [0.3, 0.4) is 0 Å². The molecule has 1 fully saturated rings. The molecule has 1 saturated heterocycles. The van der Waals surface area contributed by atoms with Crippen molar-refractivity contribution in [2.45, 2.75) is 72.7 Å². The van der Waals surface area contributed by atoms with E-state index in [-0.39, 0.29) is 40.4 Å². The first-order valence-corrected chi connectivity index (χ1v) is 12.1. The highest BCUT2D eigenvalue weighted by Gasteiger charge is 2.46. The van der Waals surface area contributed by atoms with Crippen LogP contribution in [0.4, 0.5) is 26.3 Å². The number of hydrogen-bond acceptors (Lipinski definition) is 4. The van der Waals surface area contributed by atoms with E-state index in [4.69, 9.17) is 11.6 Å². The summed E-state index contributed by atoms with van der Waals surface area (Å²) >= 11 is 9.07. The summed E-state index contributed by atoms with van der Waals surface area (Å²) in [5.74, 6) is -1.94. The monoisotopic (exact) mass is 495 g/mol. The fourth-order valence-electron chi connectivity index (χ4n) is 4.32. The van der Waals surface area contributed by atoms with Crippen molar-refractivity contribution in [1.82, 2.24) is 4.72 Å². The van der Waals surface area contributed by atoms with E-state index < -0.39 is 29.9 Å².